The highest BCUT2D eigenvalue weighted by molar-refractivity contribution is 6.33. The lowest BCUT2D eigenvalue weighted by Gasteiger charge is -2.11. The van der Waals surface area contributed by atoms with Gasteiger partial charge in [-0.05, 0) is 35.2 Å². The Balaban J connectivity index is 2.09. The Labute approximate surface area is 136 Å². The van der Waals surface area contributed by atoms with E-state index in [1.54, 1.807) is 12.1 Å². The van der Waals surface area contributed by atoms with Crippen LogP contribution >= 0.6 is 11.6 Å². The molecular formula is C19H20ClNO. The SMILES string of the molecule is CC(C)(C)C=Cc1ccc(C(=O)Nc2ccccc2Cl)cc1. The van der Waals surface area contributed by atoms with Crippen molar-refractivity contribution in [3.8, 4) is 0 Å². The Bertz CT molecular complexity index is 681. The third-order valence-corrected chi connectivity index (χ3v) is 3.40. The number of benzene rings is 2. The van der Waals surface area contributed by atoms with Gasteiger partial charge in [-0.3, -0.25) is 4.79 Å². The molecule has 0 radical (unpaired) electrons. The minimum Gasteiger partial charge on any atom is -0.321 e. The van der Waals surface area contributed by atoms with Crippen LogP contribution in [-0.2, 0) is 0 Å². The maximum atomic E-state index is 12.2. The fraction of sp³-hybridized carbons (Fsp3) is 0.211. The van der Waals surface area contributed by atoms with E-state index in [0.29, 0.717) is 16.3 Å². The minimum absolute atomic E-state index is 0.139. The smallest absolute Gasteiger partial charge is 0.255 e. The maximum absolute atomic E-state index is 12.2. The molecule has 1 amide bonds. The molecule has 0 saturated heterocycles. The summed E-state index contributed by atoms with van der Waals surface area (Å²) in [7, 11) is 0. The zero-order chi connectivity index (χ0) is 16.2. The second-order valence-corrected chi connectivity index (χ2v) is 6.66. The number of rotatable bonds is 3. The largest absolute Gasteiger partial charge is 0.321 e. The number of carbonyl (C=O) groups excluding carboxylic acids is 1. The molecule has 2 rings (SSSR count). The van der Waals surface area contributed by atoms with Crippen molar-refractivity contribution in [3.63, 3.8) is 0 Å². The average Bonchev–Trinajstić information content (AvgIpc) is 2.47. The Morgan fingerprint density at radius 2 is 1.68 bits per heavy atom. The minimum atomic E-state index is -0.167. The maximum Gasteiger partial charge on any atom is 0.255 e. The molecule has 0 spiro atoms. The summed E-state index contributed by atoms with van der Waals surface area (Å²) in [5.41, 5.74) is 2.43. The summed E-state index contributed by atoms with van der Waals surface area (Å²) in [6, 6.07) is 14.7. The molecule has 0 saturated carbocycles. The summed E-state index contributed by atoms with van der Waals surface area (Å²) in [6.45, 7) is 6.44. The molecule has 0 bridgehead atoms. The van der Waals surface area contributed by atoms with E-state index in [1.807, 2.05) is 36.4 Å². The molecule has 2 aromatic rings. The lowest BCUT2D eigenvalue weighted by atomic mass is 9.95. The zero-order valence-corrected chi connectivity index (χ0v) is 13.8. The number of carbonyl (C=O) groups is 1. The first kappa shape index (κ1) is 16.3. The topological polar surface area (TPSA) is 29.1 Å². The van der Waals surface area contributed by atoms with Crippen molar-refractivity contribution in [2.75, 3.05) is 5.32 Å². The molecule has 0 aliphatic rings. The van der Waals surface area contributed by atoms with Crippen LogP contribution in [0.5, 0.6) is 0 Å². The van der Waals surface area contributed by atoms with Crippen molar-refractivity contribution in [3.05, 3.63) is 70.8 Å². The van der Waals surface area contributed by atoms with E-state index >= 15 is 0 Å². The van der Waals surface area contributed by atoms with Gasteiger partial charge in [0, 0.05) is 5.56 Å². The van der Waals surface area contributed by atoms with Gasteiger partial charge in [0.2, 0.25) is 0 Å². The number of nitrogens with one attached hydrogen (secondary N) is 1. The van der Waals surface area contributed by atoms with Gasteiger partial charge in [0.25, 0.3) is 5.91 Å². The molecule has 0 aromatic heterocycles. The van der Waals surface area contributed by atoms with Crippen LogP contribution in [0.1, 0.15) is 36.7 Å². The van der Waals surface area contributed by atoms with Crippen LogP contribution in [0.2, 0.25) is 5.02 Å². The van der Waals surface area contributed by atoms with E-state index in [0.717, 1.165) is 5.56 Å². The van der Waals surface area contributed by atoms with Crippen molar-refractivity contribution in [1.29, 1.82) is 0 Å². The van der Waals surface area contributed by atoms with Gasteiger partial charge in [-0.2, -0.15) is 0 Å². The van der Waals surface area contributed by atoms with Crippen molar-refractivity contribution < 1.29 is 4.79 Å². The first-order valence-corrected chi connectivity index (χ1v) is 7.58. The molecular weight excluding hydrogens is 294 g/mol. The number of anilines is 1. The van der Waals surface area contributed by atoms with Crippen molar-refractivity contribution in [2.24, 2.45) is 5.41 Å². The van der Waals surface area contributed by atoms with Gasteiger partial charge < -0.3 is 5.32 Å². The number of amides is 1. The van der Waals surface area contributed by atoms with E-state index in [1.165, 1.54) is 0 Å². The molecule has 22 heavy (non-hydrogen) atoms. The highest BCUT2D eigenvalue weighted by Crippen LogP contribution is 2.21. The van der Waals surface area contributed by atoms with Gasteiger partial charge in [0.05, 0.1) is 10.7 Å². The van der Waals surface area contributed by atoms with Crippen molar-refractivity contribution in [2.45, 2.75) is 20.8 Å². The molecule has 1 N–H and O–H groups in total. The molecule has 0 unspecified atom stereocenters. The molecule has 114 valence electrons. The quantitative estimate of drug-likeness (QED) is 0.779. The van der Waals surface area contributed by atoms with Gasteiger partial charge in [0.1, 0.15) is 0 Å². The number of hydrogen-bond acceptors (Lipinski definition) is 1. The molecule has 0 heterocycles. The predicted molar refractivity (Wildman–Crippen MR) is 94.3 cm³/mol. The van der Waals surface area contributed by atoms with Crippen LogP contribution in [0, 0.1) is 5.41 Å². The second-order valence-electron chi connectivity index (χ2n) is 6.26. The monoisotopic (exact) mass is 313 g/mol. The summed E-state index contributed by atoms with van der Waals surface area (Å²) < 4.78 is 0. The number of para-hydroxylation sites is 1. The average molecular weight is 314 g/mol. The van der Waals surface area contributed by atoms with Crippen LogP contribution in [0.25, 0.3) is 6.08 Å². The zero-order valence-electron chi connectivity index (χ0n) is 13.1. The molecule has 0 atom stereocenters. The predicted octanol–water partition coefficient (Wildman–Crippen LogP) is 5.65. The first-order valence-electron chi connectivity index (χ1n) is 7.20. The highest BCUT2D eigenvalue weighted by atomic mass is 35.5. The van der Waals surface area contributed by atoms with Crippen LogP contribution in [0.15, 0.2) is 54.6 Å². The van der Waals surface area contributed by atoms with Crippen LogP contribution in [0.4, 0.5) is 5.69 Å². The van der Waals surface area contributed by atoms with E-state index in [2.05, 4.69) is 38.2 Å². The second kappa shape index (κ2) is 6.80. The fourth-order valence-corrected chi connectivity index (χ4v) is 2.03. The Kier molecular flexibility index (Phi) is 5.04. The Morgan fingerprint density at radius 3 is 2.27 bits per heavy atom. The van der Waals surface area contributed by atoms with Crippen LogP contribution in [-0.4, -0.2) is 5.91 Å². The van der Waals surface area contributed by atoms with Crippen LogP contribution < -0.4 is 5.32 Å². The van der Waals surface area contributed by atoms with Gasteiger partial charge >= 0.3 is 0 Å². The number of allylic oxidation sites excluding steroid dienone is 1. The summed E-state index contributed by atoms with van der Waals surface area (Å²) in [5.74, 6) is -0.167. The van der Waals surface area contributed by atoms with Crippen molar-refractivity contribution >= 4 is 29.3 Å². The Hall–Kier alpha value is -2.06. The molecule has 2 aromatic carbocycles. The molecule has 0 fully saturated rings. The Morgan fingerprint density at radius 1 is 1.05 bits per heavy atom. The summed E-state index contributed by atoms with van der Waals surface area (Å²) in [4.78, 5) is 12.2. The fourth-order valence-electron chi connectivity index (χ4n) is 1.85. The first-order chi connectivity index (χ1) is 10.3. The van der Waals surface area contributed by atoms with E-state index < -0.39 is 0 Å². The number of halogens is 1. The highest BCUT2D eigenvalue weighted by Gasteiger charge is 2.08. The van der Waals surface area contributed by atoms with Crippen LogP contribution in [0.3, 0.4) is 0 Å². The van der Waals surface area contributed by atoms with E-state index in [9.17, 15) is 4.79 Å². The summed E-state index contributed by atoms with van der Waals surface area (Å²) >= 11 is 6.04. The number of hydrogen-bond donors (Lipinski definition) is 1. The lowest BCUT2D eigenvalue weighted by Crippen LogP contribution is -2.12. The lowest BCUT2D eigenvalue weighted by molar-refractivity contribution is 0.102. The third-order valence-electron chi connectivity index (χ3n) is 3.07. The van der Waals surface area contributed by atoms with Gasteiger partial charge in [-0.25, -0.2) is 0 Å². The molecule has 3 heteroatoms. The van der Waals surface area contributed by atoms with Gasteiger partial charge in [0.15, 0.2) is 0 Å². The summed E-state index contributed by atoms with van der Waals surface area (Å²) in [5, 5.41) is 3.34. The van der Waals surface area contributed by atoms with Crippen molar-refractivity contribution in [1.82, 2.24) is 0 Å². The van der Waals surface area contributed by atoms with Gasteiger partial charge in [-0.1, -0.05) is 68.8 Å². The summed E-state index contributed by atoms with van der Waals surface area (Å²) in [6.07, 6.45) is 4.21. The molecule has 0 aliphatic heterocycles. The van der Waals surface area contributed by atoms with Gasteiger partial charge in [-0.15, -0.1) is 0 Å². The normalized spacial score (nSPS) is 11.6. The third kappa shape index (κ3) is 4.74. The molecule has 0 aliphatic carbocycles. The van der Waals surface area contributed by atoms with E-state index in [4.69, 9.17) is 11.6 Å². The standard InChI is InChI=1S/C19H20ClNO/c1-19(2,3)13-12-14-8-10-15(11-9-14)18(22)21-17-7-5-4-6-16(17)20/h4-13H,1-3H3,(H,21,22). The molecule has 2 nitrogen and oxygen atoms in total. The van der Waals surface area contributed by atoms with E-state index in [-0.39, 0.29) is 11.3 Å².